The van der Waals surface area contributed by atoms with E-state index in [2.05, 4.69) is 17.6 Å². The van der Waals surface area contributed by atoms with Crippen molar-refractivity contribution >= 4 is 23.7 Å². The number of unbranched alkanes of at least 4 members (excludes halogenated alkanes) is 2. The number of nitrogens with one attached hydrogen (secondary N) is 2. The normalized spacial score (nSPS) is 25.8. The number of urea groups is 1. The standard InChI is InChI=1S/C28H38N2O6/c1-2-3-4-11-35-23-7-5-22(6-8-23)24(31)9-10-26(33)36-18-25(32)29-27(34)30-28-15-19-12-20(16-28)14-21(13-19)17-28/h5-8,19-21H,2-4,9-18H2,1H3,(H2,29,30,32,34). The quantitative estimate of drug-likeness (QED) is 0.248. The van der Waals surface area contributed by atoms with Crippen molar-refractivity contribution in [3.63, 3.8) is 0 Å². The Morgan fingerprint density at radius 1 is 0.917 bits per heavy atom. The van der Waals surface area contributed by atoms with Gasteiger partial charge in [-0.25, -0.2) is 4.79 Å². The van der Waals surface area contributed by atoms with Crippen molar-refractivity contribution in [3.8, 4) is 5.75 Å². The van der Waals surface area contributed by atoms with E-state index in [9.17, 15) is 19.2 Å². The van der Waals surface area contributed by atoms with Gasteiger partial charge in [-0.2, -0.15) is 0 Å². The molecule has 0 aromatic heterocycles. The van der Waals surface area contributed by atoms with Crippen molar-refractivity contribution in [1.82, 2.24) is 10.6 Å². The van der Waals surface area contributed by atoms with Crippen LogP contribution in [0.3, 0.4) is 0 Å². The topological polar surface area (TPSA) is 111 Å². The molecule has 0 radical (unpaired) electrons. The summed E-state index contributed by atoms with van der Waals surface area (Å²) in [5.41, 5.74) is 0.290. The SMILES string of the molecule is CCCCCOc1ccc(C(=O)CCC(=O)OCC(=O)NC(=O)NC23CC4CC(CC(C4)C2)C3)cc1. The maximum absolute atomic E-state index is 12.4. The molecule has 4 saturated carbocycles. The molecule has 0 spiro atoms. The number of carbonyl (C=O) groups excluding carboxylic acids is 4. The van der Waals surface area contributed by atoms with Crippen LogP contribution in [0.1, 0.15) is 87.9 Å². The molecule has 1 aromatic carbocycles. The fourth-order valence-electron chi connectivity index (χ4n) is 6.56. The number of esters is 1. The summed E-state index contributed by atoms with van der Waals surface area (Å²) in [6.45, 7) is 2.23. The third-order valence-corrected chi connectivity index (χ3v) is 7.78. The zero-order chi connectivity index (χ0) is 25.5. The Morgan fingerprint density at radius 2 is 1.56 bits per heavy atom. The third kappa shape index (κ3) is 7.08. The van der Waals surface area contributed by atoms with Crippen LogP contribution in [0.5, 0.6) is 5.75 Å². The van der Waals surface area contributed by atoms with Gasteiger partial charge in [0.05, 0.1) is 13.0 Å². The second-order valence-electron chi connectivity index (χ2n) is 10.9. The molecule has 8 nitrogen and oxygen atoms in total. The van der Waals surface area contributed by atoms with E-state index < -0.39 is 24.5 Å². The molecular weight excluding hydrogens is 460 g/mol. The van der Waals surface area contributed by atoms with Crippen molar-refractivity contribution in [1.29, 1.82) is 0 Å². The van der Waals surface area contributed by atoms with Gasteiger partial charge < -0.3 is 14.8 Å². The molecule has 0 aliphatic heterocycles. The number of carbonyl (C=O) groups is 4. The Labute approximate surface area is 212 Å². The molecule has 4 fully saturated rings. The van der Waals surface area contributed by atoms with Crippen LogP contribution in [-0.4, -0.2) is 42.4 Å². The zero-order valence-electron chi connectivity index (χ0n) is 21.2. The Bertz CT molecular complexity index is 922. The summed E-state index contributed by atoms with van der Waals surface area (Å²) < 4.78 is 10.6. The molecule has 4 bridgehead atoms. The Kier molecular flexibility index (Phi) is 8.64. The molecule has 0 unspecified atom stereocenters. The fourth-order valence-corrected chi connectivity index (χ4v) is 6.56. The van der Waals surface area contributed by atoms with Crippen LogP contribution < -0.4 is 15.4 Å². The predicted octanol–water partition coefficient (Wildman–Crippen LogP) is 4.56. The summed E-state index contributed by atoms with van der Waals surface area (Å²) in [5, 5.41) is 5.34. The van der Waals surface area contributed by atoms with E-state index in [1.54, 1.807) is 24.3 Å². The molecular formula is C28H38N2O6. The van der Waals surface area contributed by atoms with Crippen LogP contribution in [0.25, 0.3) is 0 Å². The highest BCUT2D eigenvalue weighted by atomic mass is 16.5. The maximum Gasteiger partial charge on any atom is 0.321 e. The molecule has 0 heterocycles. The second kappa shape index (κ2) is 11.9. The number of hydrogen-bond acceptors (Lipinski definition) is 6. The first-order valence-electron chi connectivity index (χ1n) is 13.4. The molecule has 36 heavy (non-hydrogen) atoms. The Balaban J connectivity index is 1.12. The Hall–Kier alpha value is -2.90. The molecule has 8 heteroatoms. The predicted molar refractivity (Wildman–Crippen MR) is 134 cm³/mol. The molecule has 0 atom stereocenters. The van der Waals surface area contributed by atoms with Gasteiger partial charge in [-0.15, -0.1) is 0 Å². The molecule has 5 rings (SSSR count). The zero-order valence-corrected chi connectivity index (χ0v) is 21.2. The van der Waals surface area contributed by atoms with Crippen LogP contribution in [0.2, 0.25) is 0 Å². The van der Waals surface area contributed by atoms with Crippen molar-refractivity contribution in [3.05, 3.63) is 29.8 Å². The first-order valence-corrected chi connectivity index (χ1v) is 13.4. The molecule has 4 aliphatic carbocycles. The number of benzene rings is 1. The molecule has 0 saturated heterocycles. The highest BCUT2D eigenvalue weighted by Crippen LogP contribution is 2.55. The number of hydrogen-bond donors (Lipinski definition) is 2. The van der Waals surface area contributed by atoms with E-state index in [0.29, 0.717) is 35.7 Å². The number of amides is 3. The van der Waals surface area contributed by atoms with Gasteiger partial charge in [0.25, 0.3) is 5.91 Å². The largest absolute Gasteiger partial charge is 0.494 e. The summed E-state index contributed by atoms with van der Waals surface area (Å²) in [6, 6.07) is 6.33. The summed E-state index contributed by atoms with van der Waals surface area (Å²) in [6.07, 6.45) is 9.81. The van der Waals surface area contributed by atoms with Crippen molar-refractivity contribution in [2.24, 2.45) is 17.8 Å². The smallest absolute Gasteiger partial charge is 0.321 e. The molecule has 3 amide bonds. The van der Waals surface area contributed by atoms with Gasteiger partial charge in [0.1, 0.15) is 5.75 Å². The third-order valence-electron chi connectivity index (χ3n) is 7.78. The lowest BCUT2D eigenvalue weighted by atomic mass is 9.53. The van der Waals surface area contributed by atoms with Crippen molar-refractivity contribution in [2.75, 3.05) is 13.2 Å². The van der Waals surface area contributed by atoms with Gasteiger partial charge >= 0.3 is 12.0 Å². The van der Waals surface area contributed by atoms with Crippen molar-refractivity contribution < 1.29 is 28.7 Å². The number of imide groups is 1. The fraction of sp³-hybridized carbons (Fsp3) is 0.643. The molecule has 2 N–H and O–H groups in total. The number of ether oxygens (including phenoxy) is 2. The van der Waals surface area contributed by atoms with E-state index >= 15 is 0 Å². The first-order chi connectivity index (χ1) is 17.3. The van der Waals surface area contributed by atoms with Gasteiger partial charge in [0.2, 0.25) is 0 Å². The monoisotopic (exact) mass is 498 g/mol. The summed E-state index contributed by atoms with van der Waals surface area (Å²) >= 11 is 0. The number of Topliss-reactive ketones (excluding diaryl/α,β-unsaturated/α-hetero) is 1. The van der Waals surface area contributed by atoms with Gasteiger partial charge in [0, 0.05) is 17.5 Å². The van der Waals surface area contributed by atoms with Crippen molar-refractivity contribution in [2.45, 2.75) is 83.1 Å². The van der Waals surface area contributed by atoms with Gasteiger partial charge in [-0.3, -0.25) is 19.7 Å². The first kappa shape index (κ1) is 26.2. The highest BCUT2D eigenvalue weighted by Gasteiger charge is 2.51. The van der Waals surface area contributed by atoms with E-state index in [-0.39, 0.29) is 24.2 Å². The van der Waals surface area contributed by atoms with Gasteiger partial charge in [-0.05, 0) is 87.0 Å². The Morgan fingerprint density at radius 3 is 2.17 bits per heavy atom. The lowest BCUT2D eigenvalue weighted by molar-refractivity contribution is -0.148. The van der Waals surface area contributed by atoms with Crippen LogP contribution >= 0.6 is 0 Å². The van der Waals surface area contributed by atoms with E-state index in [1.165, 1.54) is 19.3 Å². The minimum Gasteiger partial charge on any atom is -0.494 e. The van der Waals surface area contributed by atoms with Crippen LogP contribution in [0.15, 0.2) is 24.3 Å². The second-order valence-corrected chi connectivity index (χ2v) is 10.9. The average molecular weight is 499 g/mol. The molecule has 196 valence electrons. The van der Waals surface area contributed by atoms with Crippen LogP contribution in [-0.2, 0) is 14.3 Å². The lowest BCUT2D eigenvalue weighted by Gasteiger charge is -2.56. The van der Waals surface area contributed by atoms with Crippen LogP contribution in [0, 0.1) is 17.8 Å². The molecule has 4 aliphatic rings. The lowest BCUT2D eigenvalue weighted by Crippen LogP contribution is -2.62. The van der Waals surface area contributed by atoms with E-state index in [4.69, 9.17) is 9.47 Å². The van der Waals surface area contributed by atoms with Gasteiger partial charge in [-0.1, -0.05) is 19.8 Å². The van der Waals surface area contributed by atoms with E-state index in [0.717, 1.165) is 38.5 Å². The maximum atomic E-state index is 12.4. The van der Waals surface area contributed by atoms with E-state index in [1.807, 2.05) is 0 Å². The summed E-state index contributed by atoms with van der Waals surface area (Å²) in [7, 11) is 0. The number of rotatable bonds is 12. The van der Waals surface area contributed by atoms with Crippen LogP contribution in [0.4, 0.5) is 4.79 Å². The molecule has 1 aromatic rings. The van der Waals surface area contributed by atoms with Gasteiger partial charge in [0.15, 0.2) is 12.4 Å². The average Bonchev–Trinajstić information content (AvgIpc) is 2.83. The number of ketones is 1. The minimum atomic E-state index is -0.675. The summed E-state index contributed by atoms with van der Waals surface area (Å²) in [5.74, 6) is 1.22. The summed E-state index contributed by atoms with van der Waals surface area (Å²) in [4.78, 5) is 48.9. The minimum absolute atomic E-state index is 0.0241. The highest BCUT2D eigenvalue weighted by molar-refractivity contribution is 5.98.